The summed E-state index contributed by atoms with van der Waals surface area (Å²) in [6.07, 6.45) is 76.8. The quantitative estimate of drug-likeness (QED) is 0.0169. The molecular formula is C81H142O17P2. The van der Waals surface area contributed by atoms with Crippen molar-refractivity contribution in [2.24, 2.45) is 0 Å². The molecule has 100 heavy (non-hydrogen) atoms. The molecule has 0 bridgehead atoms. The average Bonchev–Trinajstić information content (AvgIpc) is 1.22. The summed E-state index contributed by atoms with van der Waals surface area (Å²) >= 11 is 0. The number of aliphatic hydroxyl groups excluding tert-OH is 1. The smallest absolute Gasteiger partial charge is 0.462 e. The van der Waals surface area contributed by atoms with Gasteiger partial charge in [-0.3, -0.25) is 37.3 Å². The number of hydrogen-bond acceptors (Lipinski definition) is 15. The fraction of sp³-hybridized carbons (Fsp3) is 0.753. The van der Waals surface area contributed by atoms with E-state index in [9.17, 15) is 43.2 Å². The third-order valence-electron chi connectivity index (χ3n) is 16.5. The van der Waals surface area contributed by atoms with Crippen molar-refractivity contribution in [3.05, 3.63) is 97.2 Å². The van der Waals surface area contributed by atoms with Gasteiger partial charge in [0.1, 0.15) is 19.3 Å². The molecule has 0 aliphatic heterocycles. The van der Waals surface area contributed by atoms with E-state index in [-0.39, 0.29) is 25.7 Å². The number of carbonyl (C=O) groups is 4. The van der Waals surface area contributed by atoms with Crippen LogP contribution >= 0.6 is 15.6 Å². The summed E-state index contributed by atoms with van der Waals surface area (Å²) in [5.41, 5.74) is 0. The van der Waals surface area contributed by atoms with Crippen molar-refractivity contribution in [2.45, 2.75) is 354 Å². The first kappa shape index (κ1) is 96.0. The van der Waals surface area contributed by atoms with Gasteiger partial charge in [0.15, 0.2) is 12.2 Å². The normalized spacial score (nSPS) is 14.4. The molecule has 0 saturated carbocycles. The minimum absolute atomic E-state index is 0.0160. The van der Waals surface area contributed by atoms with Gasteiger partial charge < -0.3 is 33.8 Å². The van der Waals surface area contributed by atoms with Crippen LogP contribution in [0.3, 0.4) is 0 Å². The summed E-state index contributed by atoms with van der Waals surface area (Å²) in [5.74, 6) is -2.25. The predicted molar refractivity (Wildman–Crippen MR) is 409 cm³/mol. The standard InChI is InChI=1S/C81H142O17P2/c1-5-9-13-17-21-25-29-33-36-37-40-44-48-52-56-60-64-68-81(86)98-77(72-92-79(84)66-62-58-54-50-46-42-38-34-30-26-22-18-14-10-6-2)74-96-100(89,90)94-70-75(82)69-93-99(87,88)95-73-76(71-91-78(83)65-61-57-53-49-45-41-32-28-24-20-16-12-8-4)97-80(85)67-63-59-55-51-47-43-39-35-31-27-23-19-15-11-7-3/h21-23,25-27,33-36,38-40,44,52,56,75-77,82H,5-20,24,28-32,37,41-43,45-51,53-55,57-74H2,1-4H3,(H,87,88)(H,89,90)/b25-21-,26-22-,27-23-,36-33-,38-34-,39-35-,44-40-,56-52-/t75-,76+,77+/m0/s1. The number of unbranched alkanes of at least 4 members (excludes halogenated alkanes) is 32. The number of phosphoric ester groups is 2. The number of hydrogen-bond donors (Lipinski definition) is 3. The Hall–Kier alpha value is -4.02. The van der Waals surface area contributed by atoms with Crippen molar-refractivity contribution in [2.75, 3.05) is 39.6 Å². The monoisotopic (exact) mass is 1450 g/mol. The minimum atomic E-state index is -4.99. The van der Waals surface area contributed by atoms with Gasteiger partial charge in [0.05, 0.1) is 26.4 Å². The van der Waals surface area contributed by atoms with Gasteiger partial charge in [-0.05, 0) is 128 Å². The molecule has 19 heteroatoms. The highest BCUT2D eigenvalue weighted by atomic mass is 31.2. The zero-order valence-corrected chi connectivity index (χ0v) is 64.9. The molecule has 0 aromatic rings. The van der Waals surface area contributed by atoms with Crippen LogP contribution < -0.4 is 0 Å². The van der Waals surface area contributed by atoms with Crippen molar-refractivity contribution in [1.82, 2.24) is 0 Å². The molecule has 0 aliphatic carbocycles. The van der Waals surface area contributed by atoms with Crippen LogP contribution in [0.15, 0.2) is 97.2 Å². The molecule has 0 amide bonds. The lowest BCUT2D eigenvalue weighted by molar-refractivity contribution is -0.161. The number of allylic oxidation sites excluding steroid dienone is 16. The fourth-order valence-corrected chi connectivity index (χ4v) is 12.0. The van der Waals surface area contributed by atoms with Gasteiger partial charge in [0, 0.05) is 25.7 Å². The SMILES string of the molecule is CCCCC/C=C\C/C=C\C/C=C\C/C=C\CCCC(=O)O[C@H](COC(=O)CCCCCCC/C=C\C/C=C\CCCCC)COP(=O)(O)OC[C@@H](O)COP(=O)(O)OC[C@@H](COC(=O)CCCCCCCCCCCCCCC)OC(=O)CCCCCCC/C=C\C/C=C\CCCCC. The van der Waals surface area contributed by atoms with E-state index in [0.717, 1.165) is 135 Å². The molecule has 0 aromatic heterocycles. The second kappa shape index (κ2) is 73.3. The molecule has 578 valence electrons. The van der Waals surface area contributed by atoms with Gasteiger partial charge in [-0.2, -0.15) is 0 Å². The number of ether oxygens (including phenoxy) is 4. The first-order chi connectivity index (χ1) is 48.7. The van der Waals surface area contributed by atoms with Crippen LogP contribution in [-0.2, 0) is 65.4 Å². The first-order valence-corrected chi connectivity index (χ1v) is 42.5. The van der Waals surface area contributed by atoms with E-state index in [2.05, 4.69) is 113 Å². The van der Waals surface area contributed by atoms with E-state index in [0.29, 0.717) is 32.1 Å². The van der Waals surface area contributed by atoms with E-state index in [1.807, 2.05) is 12.2 Å². The molecule has 0 heterocycles. The summed E-state index contributed by atoms with van der Waals surface area (Å²) < 4.78 is 68.5. The van der Waals surface area contributed by atoms with Gasteiger partial charge in [-0.25, -0.2) is 9.13 Å². The van der Waals surface area contributed by atoms with E-state index < -0.39 is 97.5 Å². The predicted octanol–water partition coefficient (Wildman–Crippen LogP) is 22.8. The van der Waals surface area contributed by atoms with E-state index in [4.69, 9.17) is 37.0 Å². The largest absolute Gasteiger partial charge is 0.472 e. The molecule has 0 saturated heterocycles. The molecule has 5 atom stereocenters. The molecule has 0 aliphatic rings. The molecular weight excluding hydrogens is 1310 g/mol. The van der Waals surface area contributed by atoms with Crippen LogP contribution in [0.25, 0.3) is 0 Å². The van der Waals surface area contributed by atoms with Crippen molar-refractivity contribution < 1.29 is 80.2 Å². The lowest BCUT2D eigenvalue weighted by Crippen LogP contribution is -2.30. The second-order valence-electron chi connectivity index (χ2n) is 26.3. The number of rotatable bonds is 74. The lowest BCUT2D eigenvalue weighted by atomic mass is 10.0. The molecule has 0 fully saturated rings. The fourth-order valence-electron chi connectivity index (χ4n) is 10.4. The Kier molecular flexibility index (Phi) is 70.4. The van der Waals surface area contributed by atoms with Crippen molar-refractivity contribution in [3.8, 4) is 0 Å². The second-order valence-corrected chi connectivity index (χ2v) is 29.2. The summed E-state index contributed by atoms with van der Waals surface area (Å²) in [6, 6.07) is 0. The molecule has 0 radical (unpaired) electrons. The average molecular weight is 1450 g/mol. The highest BCUT2D eigenvalue weighted by Crippen LogP contribution is 2.45. The van der Waals surface area contributed by atoms with Crippen molar-refractivity contribution in [3.63, 3.8) is 0 Å². The molecule has 0 aromatic carbocycles. The third kappa shape index (κ3) is 72.3. The number of carbonyl (C=O) groups excluding carboxylic acids is 4. The van der Waals surface area contributed by atoms with E-state index >= 15 is 0 Å². The van der Waals surface area contributed by atoms with Crippen molar-refractivity contribution >= 4 is 39.5 Å². The summed E-state index contributed by atoms with van der Waals surface area (Å²) in [6.45, 7) is 4.73. The Labute approximate surface area is 607 Å². The maximum Gasteiger partial charge on any atom is 0.472 e. The minimum Gasteiger partial charge on any atom is -0.462 e. The van der Waals surface area contributed by atoms with E-state index in [1.165, 1.54) is 116 Å². The number of phosphoric acid groups is 2. The summed E-state index contributed by atoms with van der Waals surface area (Å²) in [5, 5.41) is 10.6. The van der Waals surface area contributed by atoms with Crippen LogP contribution in [0.5, 0.6) is 0 Å². The Morgan fingerprint density at radius 3 is 0.810 bits per heavy atom. The Balaban J connectivity index is 5.42. The maximum atomic E-state index is 13.1. The number of aliphatic hydroxyl groups is 1. The summed E-state index contributed by atoms with van der Waals surface area (Å²) in [4.78, 5) is 72.9. The molecule has 0 spiro atoms. The first-order valence-electron chi connectivity index (χ1n) is 39.5. The maximum absolute atomic E-state index is 13.1. The zero-order valence-electron chi connectivity index (χ0n) is 63.1. The highest BCUT2D eigenvalue weighted by molar-refractivity contribution is 7.47. The Morgan fingerprint density at radius 2 is 0.500 bits per heavy atom. The van der Waals surface area contributed by atoms with Crippen LogP contribution in [0.2, 0.25) is 0 Å². The molecule has 2 unspecified atom stereocenters. The van der Waals surface area contributed by atoms with Gasteiger partial charge in [-0.15, -0.1) is 0 Å². The van der Waals surface area contributed by atoms with Crippen molar-refractivity contribution in [1.29, 1.82) is 0 Å². The van der Waals surface area contributed by atoms with Crippen LogP contribution in [0, 0.1) is 0 Å². The molecule has 0 rings (SSSR count). The summed E-state index contributed by atoms with van der Waals surface area (Å²) in [7, 11) is -9.97. The Bertz CT molecular complexity index is 2270. The van der Waals surface area contributed by atoms with Gasteiger partial charge in [0.25, 0.3) is 0 Å². The van der Waals surface area contributed by atoms with Crippen LogP contribution in [0.4, 0.5) is 0 Å². The third-order valence-corrected chi connectivity index (χ3v) is 18.4. The van der Waals surface area contributed by atoms with Gasteiger partial charge >= 0.3 is 39.5 Å². The van der Waals surface area contributed by atoms with Crippen LogP contribution in [-0.4, -0.2) is 96.7 Å². The van der Waals surface area contributed by atoms with Gasteiger partial charge in [0.2, 0.25) is 0 Å². The molecule has 17 nitrogen and oxygen atoms in total. The van der Waals surface area contributed by atoms with Gasteiger partial charge in [-0.1, -0.05) is 279 Å². The van der Waals surface area contributed by atoms with Crippen LogP contribution in [0.1, 0.15) is 336 Å². The topological polar surface area (TPSA) is 237 Å². The molecule has 3 N–H and O–H groups in total. The Morgan fingerprint density at radius 1 is 0.280 bits per heavy atom. The zero-order chi connectivity index (χ0) is 73.2. The number of esters is 4. The highest BCUT2D eigenvalue weighted by Gasteiger charge is 2.30. The lowest BCUT2D eigenvalue weighted by Gasteiger charge is -2.21. The van der Waals surface area contributed by atoms with E-state index in [1.54, 1.807) is 0 Å².